The highest BCUT2D eigenvalue weighted by Crippen LogP contribution is 2.16. The quantitative estimate of drug-likeness (QED) is 0.618. The molecule has 0 radical (unpaired) electrons. The van der Waals surface area contributed by atoms with E-state index >= 15 is 0 Å². The summed E-state index contributed by atoms with van der Waals surface area (Å²) in [4.78, 5) is 11.0. The first kappa shape index (κ1) is 8.04. The van der Waals surface area contributed by atoms with Crippen LogP contribution in [0.2, 0.25) is 0 Å². The molecule has 0 bridgehead atoms. The van der Waals surface area contributed by atoms with Crippen LogP contribution in [0, 0.1) is 12.7 Å². The molecular formula is C9H8FNO2. The van der Waals surface area contributed by atoms with Gasteiger partial charge in [-0.25, -0.2) is 9.18 Å². The Morgan fingerprint density at radius 2 is 2.15 bits per heavy atom. The lowest BCUT2D eigenvalue weighted by molar-refractivity contribution is 0.525. The molecule has 0 saturated heterocycles. The van der Waals surface area contributed by atoms with Crippen LogP contribution in [0.4, 0.5) is 4.39 Å². The molecule has 0 aliphatic rings. The number of hydrogen-bond donors (Lipinski definition) is 0. The molecule has 0 N–H and O–H groups in total. The zero-order valence-electron chi connectivity index (χ0n) is 7.30. The van der Waals surface area contributed by atoms with Crippen LogP contribution in [0.3, 0.4) is 0 Å². The van der Waals surface area contributed by atoms with Crippen LogP contribution >= 0.6 is 0 Å². The van der Waals surface area contributed by atoms with Crippen molar-refractivity contribution in [1.82, 2.24) is 4.57 Å². The highest BCUT2D eigenvalue weighted by atomic mass is 19.1. The monoisotopic (exact) mass is 181 g/mol. The maximum Gasteiger partial charge on any atom is 0.419 e. The van der Waals surface area contributed by atoms with Crippen LogP contribution in [0.5, 0.6) is 0 Å². The smallest absolute Gasteiger partial charge is 0.408 e. The molecule has 0 amide bonds. The molecule has 0 atom stereocenters. The van der Waals surface area contributed by atoms with Gasteiger partial charge in [-0.2, -0.15) is 0 Å². The fourth-order valence-corrected chi connectivity index (χ4v) is 1.25. The zero-order chi connectivity index (χ0) is 9.59. The second-order valence-corrected chi connectivity index (χ2v) is 3.00. The van der Waals surface area contributed by atoms with Crippen molar-refractivity contribution in [3.63, 3.8) is 0 Å². The van der Waals surface area contributed by atoms with E-state index in [4.69, 9.17) is 4.42 Å². The van der Waals surface area contributed by atoms with Crippen molar-refractivity contribution in [2.45, 2.75) is 6.92 Å². The fraction of sp³-hybridized carbons (Fsp3) is 0.222. The number of aryl methyl sites for hydroxylation is 2. The Hall–Kier alpha value is -1.58. The van der Waals surface area contributed by atoms with E-state index in [1.165, 1.54) is 10.6 Å². The molecule has 2 rings (SSSR count). The Bertz CT molecular complexity index is 524. The van der Waals surface area contributed by atoms with Crippen LogP contribution in [0.15, 0.2) is 21.3 Å². The minimum Gasteiger partial charge on any atom is -0.408 e. The van der Waals surface area contributed by atoms with Crippen molar-refractivity contribution in [2.24, 2.45) is 7.05 Å². The number of benzene rings is 1. The summed E-state index contributed by atoms with van der Waals surface area (Å²) in [5.41, 5.74) is 1.41. The van der Waals surface area contributed by atoms with E-state index in [0.29, 0.717) is 11.1 Å². The van der Waals surface area contributed by atoms with Crippen molar-refractivity contribution in [3.05, 3.63) is 34.1 Å². The van der Waals surface area contributed by atoms with Crippen molar-refractivity contribution >= 4 is 11.1 Å². The average Bonchev–Trinajstić information content (AvgIpc) is 2.32. The molecule has 0 spiro atoms. The third kappa shape index (κ3) is 1.06. The van der Waals surface area contributed by atoms with Gasteiger partial charge < -0.3 is 4.42 Å². The van der Waals surface area contributed by atoms with E-state index in [2.05, 4.69) is 0 Å². The first-order valence-corrected chi connectivity index (χ1v) is 3.85. The lowest BCUT2D eigenvalue weighted by Gasteiger charge is -1.95. The highest BCUT2D eigenvalue weighted by Gasteiger charge is 2.08. The van der Waals surface area contributed by atoms with Gasteiger partial charge in [0.15, 0.2) is 5.58 Å². The number of nitrogens with zero attached hydrogens (tertiary/aromatic N) is 1. The van der Waals surface area contributed by atoms with E-state index in [1.54, 1.807) is 20.0 Å². The molecule has 0 aliphatic carbocycles. The van der Waals surface area contributed by atoms with Gasteiger partial charge in [0.25, 0.3) is 0 Å². The Kier molecular flexibility index (Phi) is 1.52. The second-order valence-electron chi connectivity index (χ2n) is 3.00. The summed E-state index contributed by atoms with van der Waals surface area (Å²) >= 11 is 0. The van der Waals surface area contributed by atoms with E-state index in [0.717, 1.165) is 0 Å². The topological polar surface area (TPSA) is 35.1 Å². The molecule has 68 valence electrons. The normalized spacial score (nSPS) is 11.0. The number of hydrogen-bond acceptors (Lipinski definition) is 2. The Morgan fingerprint density at radius 3 is 2.85 bits per heavy atom. The van der Waals surface area contributed by atoms with Gasteiger partial charge in [-0.15, -0.1) is 0 Å². The van der Waals surface area contributed by atoms with Crippen LogP contribution in [0.25, 0.3) is 11.1 Å². The summed E-state index contributed by atoms with van der Waals surface area (Å²) in [6.45, 7) is 1.65. The average molecular weight is 181 g/mol. The predicted molar refractivity (Wildman–Crippen MR) is 46.2 cm³/mol. The van der Waals surface area contributed by atoms with Gasteiger partial charge in [0.05, 0.1) is 5.52 Å². The molecule has 0 aliphatic heterocycles. The van der Waals surface area contributed by atoms with Crippen LogP contribution in [-0.2, 0) is 7.05 Å². The van der Waals surface area contributed by atoms with Crippen LogP contribution in [-0.4, -0.2) is 4.57 Å². The molecule has 3 nitrogen and oxygen atoms in total. The molecule has 2 aromatic rings. The fourth-order valence-electron chi connectivity index (χ4n) is 1.25. The molecule has 13 heavy (non-hydrogen) atoms. The van der Waals surface area contributed by atoms with Gasteiger partial charge in [-0.3, -0.25) is 4.57 Å². The summed E-state index contributed by atoms with van der Waals surface area (Å²) in [5, 5.41) is 0. The number of aromatic nitrogens is 1. The minimum absolute atomic E-state index is 0.288. The number of rotatable bonds is 0. The molecule has 4 heteroatoms. The van der Waals surface area contributed by atoms with E-state index < -0.39 is 5.76 Å². The van der Waals surface area contributed by atoms with E-state index in [-0.39, 0.29) is 11.4 Å². The van der Waals surface area contributed by atoms with E-state index in [9.17, 15) is 9.18 Å². The molecule has 0 fully saturated rings. The summed E-state index contributed by atoms with van der Waals surface area (Å²) in [5.74, 6) is -0.832. The van der Waals surface area contributed by atoms with Gasteiger partial charge in [0, 0.05) is 13.1 Å². The molecule has 0 unspecified atom stereocenters. The summed E-state index contributed by atoms with van der Waals surface area (Å²) in [6, 6.07) is 2.82. The maximum absolute atomic E-state index is 13.0. The molecular weight excluding hydrogens is 173 g/mol. The highest BCUT2D eigenvalue weighted by molar-refractivity contribution is 5.73. The summed E-state index contributed by atoms with van der Waals surface area (Å²) in [6.07, 6.45) is 0. The standard InChI is InChI=1S/C9H8FNO2/c1-5-3-7-8(4-6(5)10)13-9(12)11(7)2/h3-4H,1-2H3. The van der Waals surface area contributed by atoms with Gasteiger partial charge in [0.2, 0.25) is 0 Å². The second kappa shape index (κ2) is 2.45. The first-order valence-electron chi connectivity index (χ1n) is 3.85. The van der Waals surface area contributed by atoms with Gasteiger partial charge in [-0.05, 0) is 18.6 Å². The Labute approximate surface area is 73.4 Å². The predicted octanol–water partition coefficient (Wildman–Crippen LogP) is 1.58. The maximum atomic E-state index is 13.0. The number of halogens is 1. The number of oxazole rings is 1. The molecule has 1 aromatic heterocycles. The van der Waals surface area contributed by atoms with Crippen molar-refractivity contribution in [2.75, 3.05) is 0 Å². The third-order valence-corrected chi connectivity index (χ3v) is 2.07. The van der Waals surface area contributed by atoms with Crippen molar-refractivity contribution < 1.29 is 8.81 Å². The van der Waals surface area contributed by atoms with E-state index in [1.807, 2.05) is 0 Å². The Balaban J connectivity index is 2.97. The molecule has 1 aromatic carbocycles. The largest absolute Gasteiger partial charge is 0.419 e. The molecule has 0 saturated carbocycles. The summed E-state index contributed by atoms with van der Waals surface area (Å²) in [7, 11) is 1.59. The van der Waals surface area contributed by atoms with Gasteiger partial charge in [-0.1, -0.05) is 0 Å². The lowest BCUT2D eigenvalue weighted by Crippen LogP contribution is -2.08. The molecule has 1 heterocycles. The first-order chi connectivity index (χ1) is 6.09. The third-order valence-electron chi connectivity index (χ3n) is 2.07. The van der Waals surface area contributed by atoms with Gasteiger partial charge >= 0.3 is 5.76 Å². The Morgan fingerprint density at radius 1 is 1.46 bits per heavy atom. The minimum atomic E-state index is -0.472. The summed E-state index contributed by atoms with van der Waals surface area (Å²) < 4.78 is 19.2. The van der Waals surface area contributed by atoms with Gasteiger partial charge in [0.1, 0.15) is 5.82 Å². The zero-order valence-corrected chi connectivity index (χ0v) is 7.30. The van der Waals surface area contributed by atoms with Crippen molar-refractivity contribution in [1.29, 1.82) is 0 Å². The van der Waals surface area contributed by atoms with Crippen LogP contribution < -0.4 is 5.76 Å². The van der Waals surface area contributed by atoms with Crippen LogP contribution in [0.1, 0.15) is 5.56 Å². The SMILES string of the molecule is Cc1cc2c(cc1F)oc(=O)n2C. The number of fused-ring (bicyclic) bond motifs is 1. The lowest BCUT2D eigenvalue weighted by atomic mass is 10.2. The van der Waals surface area contributed by atoms with Crippen molar-refractivity contribution in [3.8, 4) is 0 Å².